The Kier molecular flexibility index (Phi) is 3.95. The van der Waals surface area contributed by atoms with Gasteiger partial charge in [-0.1, -0.05) is 48.5 Å². The molecule has 1 aromatic heterocycles. The summed E-state index contributed by atoms with van der Waals surface area (Å²) in [7, 11) is 0. The maximum atomic E-state index is 12.3. The molecule has 0 atom stereocenters. The lowest BCUT2D eigenvalue weighted by Crippen LogP contribution is -2.35. The van der Waals surface area contributed by atoms with Crippen molar-refractivity contribution >= 4 is 16.7 Å². The predicted octanol–water partition coefficient (Wildman–Crippen LogP) is 4.04. The van der Waals surface area contributed by atoms with E-state index in [0.29, 0.717) is 6.42 Å². The first-order valence-electron chi connectivity index (χ1n) is 8.61. The zero-order valence-corrected chi connectivity index (χ0v) is 14.0. The van der Waals surface area contributed by atoms with E-state index in [1.807, 2.05) is 30.3 Å². The smallest absolute Gasteiger partial charge is 0.164 e. The summed E-state index contributed by atoms with van der Waals surface area (Å²) >= 11 is 0. The number of hydrogen-bond acceptors (Lipinski definition) is 2. The summed E-state index contributed by atoms with van der Waals surface area (Å²) in [4.78, 5) is 14.7. The minimum absolute atomic E-state index is 0.235. The second-order valence-corrected chi connectivity index (χ2v) is 6.56. The molecule has 0 saturated heterocycles. The topological polar surface area (TPSA) is 25.2 Å². The van der Waals surface area contributed by atoms with E-state index < -0.39 is 0 Å². The molecule has 0 unspecified atom stereocenters. The lowest BCUT2D eigenvalue weighted by Gasteiger charge is -2.29. The standard InChI is InChI=1S/C21H22N2O/c1-16-18-9-5-6-10-19(18)23-14-13-22(15-20(16)23)12-11-21(24)17-7-3-2-4-8-17/h2-10H,11-15H2,1H3. The maximum Gasteiger partial charge on any atom is 0.164 e. The number of ketones is 1. The average Bonchev–Trinajstić information content (AvgIpc) is 2.93. The van der Waals surface area contributed by atoms with E-state index >= 15 is 0 Å². The average molecular weight is 318 g/mol. The van der Waals surface area contributed by atoms with Crippen molar-refractivity contribution in [3.8, 4) is 0 Å². The number of nitrogens with zero attached hydrogens (tertiary/aromatic N) is 2. The van der Waals surface area contributed by atoms with E-state index in [2.05, 4.69) is 40.7 Å². The van der Waals surface area contributed by atoms with E-state index in [9.17, 15) is 4.79 Å². The molecule has 2 aromatic carbocycles. The molecule has 3 heteroatoms. The van der Waals surface area contributed by atoms with Gasteiger partial charge in [0, 0.05) is 54.8 Å². The number of aryl methyl sites for hydroxylation is 1. The third-order valence-corrected chi connectivity index (χ3v) is 5.12. The lowest BCUT2D eigenvalue weighted by atomic mass is 10.1. The Hall–Kier alpha value is -2.39. The number of fused-ring (bicyclic) bond motifs is 3. The first-order valence-corrected chi connectivity index (χ1v) is 8.61. The Labute approximate surface area is 142 Å². The van der Waals surface area contributed by atoms with Crippen LogP contribution in [0.2, 0.25) is 0 Å². The van der Waals surface area contributed by atoms with Gasteiger partial charge in [0.1, 0.15) is 0 Å². The Morgan fingerprint density at radius 2 is 1.75 bits per heavy atom. The van der Waals surface area contributed by atoms with Crippen molar-refractivity contribution in [1.29, 1.82) is 0 Å². The molecule has 0 N–H and O–H groups in total. The second-order valence-electron chi connectivity index (χ2n) is 6.56. The normalized spacial score (nSPS) is 14.7. The lowest BCUT2D eigenvalue weighted by molar-refractivity contribution is 0.0956. The first-order chi connectivity index (χ1) is 11.7. The minimum atomic E-state index is 0.235. The molecule has 0 spiro atoms. The third kappa shape index (κ3) is 2.65. The highest BCUT2D eigenvalue weighted by atomic mass is 16.1. The van der Waals surface area contributed by atoms with Crippen LogP contribution in [0.15, 0.2) is 54.6 Å². The van der Waals surface area contributed by atoms with Crippen LogP contribution >= 0.6 is 0 Å². The molecule has 0 amide bonds. The van der Waals surface area contributed by atoms with Crippen molar-refractivity contribution in [3.63, 3.8) is 0 Å². The predicted molar refractivity (Wildman–Crippen MR) is 97.3 cm³/mol. The molecule has 24 heavy (non-hydrogen) atoms. The molecule has 122 valence electrons. The molecule has 4 rings (SSSR count). The molecular weight excluding hydrogens is 296 g/mol. The van der Waals surface area contributed by atoms with Gasteiger partial charge in [0.15, 0.2) is 5.78 Å². The van der Waals surface area contributed by atoms with Crippen LogP contribution in [0.4, 0.5) is 0 Å². The van der Waals surface area contributed by atoms with Crippen LogP contribution in [0.3, 0.4) is 0 Å². The SMILES string of the molecule is Cc1c2n(c3ccccc13)CCN(CCC(=O)c1ccccc1)C2. The first kappa shape index (κ1) is 15.2. The number of carbonyl (C=O) groups is 1. The summed E-state index contributed by atoms with van der Waals surface area (Å²) < 4.78 is 2.44. The highest BCUT2D eigenvalue weighted by Gasteiger charge is 2.21. The third-order valence-electron chi connectivity index (χ3n) is 5.12. The van der Waals surface area contributed by atoms with Gasteiger partial charge in [-0.25, -0.2) is 0 Å². The van der Waals surface area contributed by atoms with Crippen molar-refractivity contribution in [2.45, 2.75) is 26.4 Å². The van der Waals surface area contributed by atoms with Gasteiger partial charge in [-0.3, -0.25) is 9.69 Å². The summed E-state index contributed by atoms with van der Waals surface area (Å²) in [5.74, 6) is 0.235. The Balaban J connectivity index is 1.48. The largest absolute Gasteiger partial charge is 0.342 e. The van der Waals surface area contributed by atoms with E-state index in [0.717, 1.165) is 31.7 Å². The molecule has 0 radical (unpaired) electrons. The number of aromatic nitrogens is 1. The van der Waals surface area contributed by atoms with Crippen LogP contribution in [0.5, 0.6) is 0 Å². The molecule has 3 aromatic rings. The van der Waals surface area contributed by atoms with Gasteiger partial charge in [-0.05, 0) is 18.6 Å². The molecule has 0 aliphatic carbocycles. The maximum absolute atomic E-state index is 12.3. The summed E-state index contributed by atoms with van der Waals surface area (Å²) in [5.41, 5.74) is 4.93. The molecule has 1 aliphatic rings. The van der Waals surface area contributed by atoms with E-state index in [-0.39, 0.29) is 5.78 Å². The molecule has 1 aliphatic heterocycles. The number of para-hydroxylation sites is 1. The highest BCUT2D eigenvalue weighted by Crippen LogP contribution is 2.28. The summed E-state index contributed by atoms with van der Waals surface area (Å²) in [6, 6.07) is 18.2. The zero-order valence-electron chi connectivity index (χ0n) is 14.0. The van der Waals surface area contributed by atoms with Gasteiger partial charge >= 0.3 is 0 Å². The van der Waals surface area contributed by atoms with E-state index in [1.165, 1.54) is 22.2 Å². The van der Waals surface area contributed by atoms with Crippen molar-refractivity contribution in [1.82, 2.24) is 9.47 Å². The molecule has 0 bridgehead atoms. The highest BCUT2D eigenvalue weighted by molar-refractivity contribution is 5.96. The minimum Gasteiger partial charge on any atom is -0.342 e. The van der Waals surface area contributed by atoms with E-state index in [4.69, 9.17) is 0 Å². The molecule has 0 saturated carbocycles. The second kappa shape index (κ2) is 6.25. The number of Topliss-reactive ketones (excluding diaryl/α,β-unsaturated/α-hetero) is 1. The van der Waals surface area contributed by atoms with Crippen molar-refractivity contribution in [2.24, 2.45) is 0 Å². The molecular formula is C21H22N2O. The molecule has 0 fully saturated rings. The molecule has 2 heterocycles. The quantitative estimate of drug-likeness (QED) is 0.678. The van der Waals surface area contributed by atoms with Crippen LogP contribution in [-0.4, -0.2) is 28.3 Å². The number of carbonyl (C=O) groups excluding carboxylic acids is 1. The zero-order chi connectivity index (χ0) is 16.5. The fourth-order valence-corrected chi connectivity index (χ4v) is 3.74. The van der Waals surface area contributed by atoms with Gasteiger partial charge in [-0.2, -0.15) is 0 Å². The van der Waals surface area contributed by atoms with Crippen molar-refractivity contribution < 1.29 is 4.79 Å². The van der Waals surface area contributed by atoms with Crippen molar-refractivity contribution in [2.75, 3.05) is 13.1 Å². The van der Waals surface area contributed by atoms with Gasteiger partial charge in [0.2, 0.25) is 0 Å². The summed E-state index contributed by atoms with van der Waals surface area (Å²) in [5, 5.41) is 1.36. The summed E-state index contributed by atoms with van der Waals surface area (Å²) in [6.07, 6.45) is 0.587. The van der Waals surface area contributed by atoms with Crippen LogP contribution < -0.4 is 0 Å². The number of rotatable bonds is 4. The van der Waals surface area contributed by atoms with Gasteiger partial charge in [0.05, 0.1) is 0 Å². The van der Waals surface area contributed by atoms with Crippen LogP contribution in [0.1, 0.15) is 28.0 Å². The molecule has 3 nitrogen and oxygen atoms in total. The van der Waals surface area contributed by atoms with Crippen LogP contribution in [-0.2, 0) is 13.1 Å². The fourth-order valence-electron chi connectivity index (χ4n) is 3.74. The van der Waals surface area contributed by atoms with Crippen LogP contribution in [0, 0.1) is 6.92 Å². The number of hydrogen-bond donors (Lipinski definition) is 0. The number of benzene rings is 2. The van der Waals surface area contributed by atoms with Crippen molar-refractivity contribution in [3.05, 3.63) is 71.4 Å². The van der Waals surface area contributed by atoms with Gasteiger partial charge in [-0.15, -0.1) is 0 Å². The monoisotopic (exact) mass is 318 g/mol. The Morgan fingerprint density at radius 1 is 1.00 bits per heavy atom. The Morgan fingerprint density at radius 3 is 2.58 bits per heavy atom. The van der Waals surface area contributed by atoms with Gasteiger partial charge < -0.3 is 4.57 Å². The Bertz CT molecular complexity index is 879. The van der Waals surface area contributed by atoms with Gasteiger partial charge in [0.25, 0.3) is 0 Å². The van der Waals surface area contributed by atoms with E-state index in [1.54, 1.807) is 0 Å². The summed E-state index contributed by atoms with van der Waals surface area (Å²) in [6.45, 7) is 5.99. The van der Waals surface area contributed by atoms with Crippen LogP contribution in [0.25, 0.3) is 10.9 Å². The fraction of sp³-hybridized carbons (Fsp3) is 0.286.